The molecule has 8 heteroatoms. The molecule has 0 aliphatic heterocycles. The number of anilines is 1. The number of benzene rings is 1. The topological polar surface area (TPSA) is 70.1 Å². The highest BCUT2D eigenvalue weighted by molar-refractivity contribution is 6.45. The quantitative estimate of drug-likeness (QED) is 0.514. The molecule has 0 amide bonds. The summed E-state index contributed by atoms with van der Waals surface area (Å²) in [5.41, 5.74) is 3.37. The fraction of sp³-hybridized carbons (Fsp3) is 0.0833. The number of nitrogens with zero attached hydrogens (tertiary/aromatic N) is 2. The molecule has 2 aromatic rings. The summed E-state index contributed by atoms with van der Waals surface area (Å²) in [4.78, 5) is 17.8. The smallest absolute Gasteiger partial charge is 0.274 e. The number of rotatable bonds is 3. The molecule has 2 rings (SSSR count). The van der Waals surface area contributed by atoms with Crippen LogP contribution in [0.3, 0.4) is 0 Å². The van der Waals surface area contributed by atoms with Gasteiger partial charge in [0.05, 0.1) is 21.3 Å². The second-order valence-corrected chi connectivity index (χ2v) is 5.07. The van der Waals surface area contributed by atoms with Gasteiger partial charge in [-0.2, -0.15) is 10.1 Å². The fourth-order valence-corrected chi connectivity index (χ4v) is 2.08. The van der Waals surface area contributed by atoms with E-state index < -0.39 is 0 Å². The molecular formula is C12H9Cl3N4O. The molecule has 0 spiro atoms. The van der Waals surface area contributed by atoms with Gasteiger partial charge in [0.25, 0.3) is 5.56 Å². The van der Waals surface area contributed by atoms with Gasteiger partial charge in [-0.25, -0.2) is 5.43 Å². The normalized spacial score (nSPS) is 11.0. The van der Waals surface area contributed by atoms with Crippen LogP contribution in [0.25, 0.3) is 0 Å². The molecule has 0 atom stereocenters. The van der Waals surface area contributed by atoms with Gasteiger partial charge in [0.1, 0.15) is 0 Å². The molecule has 1 aromatic heterocycles. The monoisotopic (exact) mass is 330 g/mol. The van der Waals surface area contributed by atoms with Crippen molar-refractivity contribution in [3.8, 4) is 0 Å². The van der Waals surface area contributed by atoms with Gasteiger partial charge in [0.15, 0.2) is 0 Å². The fourth-order valence-electron chi connectivity index (χ4n) is 1.45. The van der Waals surface area contributed by atoms with Crippen LogP contribution in [-0.2, 0) is 0 Å². The maximum absolute atomic E-state index is 11.2. The molecule has 20 heavy (non-hydrogen) atoms. The molecule has 1 aromatic carbocycles. The van der Waals surface area contributed by atoms with Gasteiger partial charge < -0.3 is 4.98 Å². The predicted octanol–water partition coefficient (Wildman–Crippen LogP) is 3.48. The van der Waals surface area contributed by atoms with Crippen LogP contribution >= 0.6 is 34.8 Å². The average Bonchev–Trinajstić information content (AvgIpc) is 2.37. The third kappa shape index (κ3) is 3.50. The minimum atomic E-state index is -0.363. The van der Waals surface area contributed by atoms with E-state index in [-0.39, 0.29) is 11.5 Å². The molecule has 0 saturated carbocycles. The Hall–Kier alpha value is -1.56. The first-order chi connectivity index (χ1) is 9.47. The SMILES string of the molecule is Cc1cc(=O)nc(N/N=C/c2c(Cl)ccc(Cl)c2Cl)[nH]1. The van der Waals surface area contributed by atoms with E-state index in [9.17, 15) is 4.79 Å². The molecule has 0 saturated heterocycles. The van der Waals surface area contributed by atoms with Crippen LogP contribution in [0.2, 0.25) is 15.1 Å². The number of hydrogen-bond acceptors (Lipinski definition) is 4. The van der Waals surface area contributed by atoms with E-state index >= 15 is 0 Å². The largest absolute Gasteiger partial charge is 0.328 e. The summed E-state index contributed by atoms with van der Waals surface area (Å²) in [5.74, 6) is 0.223. The van der Waals surface area contributed by atoms with Crippen molar-refractivity contribution in [2.45, 2.75) is 6.92 Å². The van der Waals surface area contributed by atoms with Crippen LogP contribution in [0.5, 0.6) is 0 Å². The first-order valence-electron chi connectivity index (χ1n) is 5.48. The molecular weight excluding hydrogens is 323 g/mol. The number of hydrogen-bond donors (Lipinski definition) is 2. The summed E-state index contributed by atoms with van der Waals surface area (Å²) in [6.45, 7) is 1.74. The molecule has 0 bridgehead atoms. The molecule has 0 fully saturated rings. The third-order valence-corrected chi connectivity index (χ3v) is 3.47. The Morgan fingerprint density at radius 3 is 2.70 bits per heavy atom. The van der Waals surface area contributed by atoms with E-state index in [0.717, 1.165) is 0 Å². The van der Waals surface area contributed by atoms with Crippen LogP contribution in [0.1, 0.15) is 11.3 Å². The van der Waals surface area contributed by atoms with E-state index in [1.54, 1.807) is 19.1 Å². The zero-order chi connectivity index (χ0) is 14.7. The summed E-state index contributed by atoms with van der Waals surface area (Å²) in [5, 5.41) is 5.01. The van der Waals surface area contributed by atoms with E-state index in [2.05, 4.69) is 20.5 Å². The van der Waals surface area contributed by atoms with Crippen molar-refractivity contribution in [1.82, 2.24) is 9.97 Å². The second-order valence-electron chi connectivity index (χ2n) is 3.88. The van der Waals surface area contributed by atoms with Gasteiger partial charge in [-0.3, -0.25) is 4.79 Å². The first kappa shape index (κ1) is 14.8. The van der Waals surface area contributed by atoms with Crippen LogP contribution in [0.15, 0.2) is 28.1 Å². The summed E-state index contributed by atoms with van der Waals surface area (Å²) in [7, 11) is 0. The lowest BCUT2D eigenvalue weighted by molar-refractivity contribution is 1.04. The minimum absolute atomic E-state index is 0.223. The van der Waals surface area contributed by atoms with E-state index in [0.29, 0.717) is 26.3 Å². The lowest BCUT2D eigenvalue weighted by atomic mass is 10.2. The number of nitrogens with one attached hydrogen (secondary N) is 2. The van der Waals surface area contributed by atoms with Gasteiger partial charge in [-0.1, -0.05) is 34.8 Å². The van der Waals surface area contributed by atoms with Gasteiger partial charge in [-0.15, -0.1) is 0 Å². The molecule has 0 unspecified atom stereocenters. The third-order valence-electron chi connectivity index (χ3n) is 2.32. The summed E-state index contributed by atoms with van der Waals surface area (Å²) >= 11 is 17.9. The number of aryl methyl sites for hydroxylation is 1. The number of aromatic nitrogens is 2. The molecule has 0 radical (unpaired) electrons. The van der Waals surface area contributed by atoms with Crippen molar-refractivity contribution in [2.75, 3.05) is 5.43 Å². The molecule has 0 aliphatic rings. The maximum atomic E-state index is 11.2. The highest BCUT2D eigenvalue weighted by atomic mass is 35.5. The Bertz CT molecular complexity index is 727. The van der Waals surface area contributed by atoms with Crippen LogP contribution in [-0.4, -0.2) is 16.2 Å². The number of halogens is 3. The molecule has 104 valence electrons. The lowest BCUT2D eigenvalue weighted by Gasteiger charge is -2.04. The Labute approximate surface area is 129 Å². The Kier molecular flexibility index (Phi) is 4.65. The van der Waals surface area contributed by atoms with Crippen molar-refractivity contribution in [1.29, 1.82) is 0 Å². The maximum Gasteiger partial charge on any atom is 0.274 e. The van der Waals surface area contributed by atoms with Crippen molar-refractivity contribution in [3.05, 3.63) is 54.9 Å². The standard InChI is InChI=1S/C12H9Cl3N4O/c1-6-4-10(20)18-12(17-6)19-16-5-7-8(13)2-3-9(14)11(7)15/h2-5H,1H3,(H2,17,18,19,20)/b16-5+. The van der Waals surface area contributed by atoms with Gasteiger partial charge in [-0.05, 0) is 19.1 Å². The molecule has 2 N–H and O–H groups in total. The second kappa shape index (κ2) is 6.26. The summed E-state index contributed by atoms with van der Waals surface area (Å²) < 4.78 is 0. The Balaban J connectivity index is 2.22. The van der Waals surface area contributed by atoms with E-state index in [4.69, 9.17) is 34.8 Å². The Morgan fingerprint density at radius 1 is 1.30 bits per heavy atom. The van der Waals surface area contributed by atoms with Crippen molar-refractivity contribution >= 4 is 47.0 Å². The summed E-state index contributed by atoms with van der Waals surface area (Å²) in [6.07, 6.45) is 1.40. The highest BCUT2D eigenvalue weighted by Gasteiger charge is 2.07. The van der Waals surface area contributed by atoms with Gasteiger partial charge in [0, 0.05) is 17.3 Å². The highest BCUT2D eigenvalue weighted by Crippen LogP contribution is 2.29. The lowest BCUT2D eigenvalue weighted by Crippen LogP contribution is -2.10. The zero-order valence-electron chi connectivity index (χ0n) is 10.2. The number of aromatic amines is 1. The first-order valence-corrected chi connectivity index (χ1v) is 6.61. The summed E-state index contributed by atoms with van der Waals surface area (Å²) in [6, 6.07) is 4.58. The van der Waals surface area contributed by atoms with E-state index in [1.807, 2.05) is 0 Å². The number of H-pyrrole nitrogens is 1. The van der Waals surface area contributed by atoms with E-state index in [1.165, 1.54) is 12.3 Å². The molecule has 5 nitrogen and oxygen atoms in total. The minimum Gasteiger partial charge on any atom is -0.328 e. The average molecular weight is 332 g/mol. The molecule has 1 heterocycles. The molecule has 0 aliphatic carbocycles. The van der Waals surface area contributed by atoms with Crippen molar-refractivity contribution < 1.29 is 0 Å². The van der Waals surface area contributed by atoms with Crippen molar-refractivity contribution in [2.24, 2.45) is 5.10 Å². The Morgan fingerprint density at radius 2 is 2.00 bits per heavy atom. The van der Waals surface area contributed by atoms with Gasteiger partial charge in [0.2, 0.25) is 5.95 Å². The predicted molar refractivity (Wildman–Crippen MR) is 82.3 cm³/mol. The zero-order valence-corrected chi connectivity index (χ0v) is 12.5. The number of hydrazone groups is 1. The van der Waals surface area contributed by atoms with Gasteiger partial charge >= 0.3 is 0 Å². The van der Waals surface area contributed by atoms with Crippen LogP contribution in [0.4, 0.5) is 5.95 Å². The van der Waals surface area contributed by atoms with Crippen LogP contribution in [0, 0.1) is 6.92 Å². The van der Waals surface area contributed by atoms with Crippen LogP contribution < -0.4 is 11.0 Å². The van der Waals surface area contributed by atoms with Crippen molar-refractivity contribution in [3.63, 3.8) is 0 Å².